The first-order valence-electron chi connectivity index (χ1n) is 10.2. The molecule has 1 aliphatic heterocycles. The van der Waals surface area contributed by atoms with Gasteiger partial charge >= 0.3 is 0 Å². The maximum atomic E-state index is 14.4. The SMILES string of the molecule is NCCc1ccc(Oc2ccc(F)c(C(=O)N3CCC(c4ncc[nH]4)CC3)c2)cc1. The lowest BCUT2D eigenvalue weighted by atomic mass is 9.95. The van der Waals surface area contributed by atoms with Crippen LogP contribution in [0.3, 0.4) is 0 Å². The number of ether oxygens (including phenoxy) is 1. The number of aromatic nitrogens is 2. The van der Waals surface area contributed by atoms with Crippen molar-refractivity contribution in [1.29, 1.82) is 0 Å². The second kappa shape index (κ2) is 9.09. The normalized spacial score (nSPS) is 14.7. The zero-order valence-electron chi connectivity index (χ0n) is 16.7. The number of amides is 1. The number of imidazole rings is 1. The molecule has 0 spiro atoms. The molecule has 0 atom stereocenters. The predicted molar refractivity (Wildman–Crippen MR) is 112 cm³/mol. The summed E-state index contributed by atoms with van der Waals surface area (Å²) in [5, 5.41) is 0. The van der Waals surface area contributed by atoms with Crippen molar-refractivity contribution in [2.45, 2.75) is 25.2 Å². The van der Waals surface area contributed by atoms with Gasteiger partial charge in [-0.2, -0.15) is 0 Å². The number of benzene rings is 2. The van der Waals surface area contributed by atoms with Crippen molar-refractivity contribution < 1.29 is 13.9 Å². The molecule has 1 aliphatic rings. The number of hydrogen-bond acceptors (Lipinski definition) is 4. The largest absolute Gasteiger partial charge is 0.457 e. The van der Waals surface area contributed by atoms with E-state index in [0.29, 0.717) is 37.1 Å². The Bertz CT molecular complexity index is 981. The smallest absolute Gasteiger partial charge is 0.256 e. The number of rotatable bonds is 6. The Morgan fingerprint density at radius 1 is 1.17 bits per heavy atom. The van der Waals surface area contributed by atoms with Gasteiger partial charge in [0.2, 0.25) is 0 Å². The van der Waals surface area contributed by atoms with E-state index in [4.69, 9.17) is 10.5 Å². The Hall–Kier alpha value is -3.19. The zero-order chi connectivity index (χ0) is 20.9. The summed E-state index contributed by atoms with van der Waals surface area (Å²) in [6.07, 6.45) is 5.93. The third kappa shape index (κ3) is 4.52. The Morgan fingerprint density at radius 2 is 1.90 bits per heavy atom. The highest BCUT2D eigenvalue weighted by atomic mass is 19.1. The third-order valence-electron chi connectivity index (χ3n) is 5.45. The van der Waals surface area contributed by atoms with Crippen LogP contribution in [0.2, 0.25) is 0 Å². The first-order valence-corrected chi connectivity index (χ1v) is 10.2. The number of carbonyl (C=O) groups is 1. The van der Waals surface area contributed by atoms with Gasteiger partial charge in [-0.3, -0.25) is 4.79 Å². The van der Waals surface area contributed by atoms with E-state index in [9.17, 15) is 9.18 Å². The number of nitrogens with zero attached hydrogens (tertiary/aromatic N) is 2. The number of nitrogens with one attached hydrogen (secondary N) is 1. The minimum Gasteiger partial charge on any atom is -0.457 e. The Balaban J connectivity index is 1.43. The number of halogens is 1. The lowest BCUT2D eigenvalue weighted by molar-refractivity contribution is 0.0706. The van der Waals surface area contributed by atoms with Crippen LogP contribution >= 0.6 is 0 Å². The van der Waals surface area contributed by atoms with Crippen LogP contribution in [0.4, 0.5) is 4.39 Å². The number of carbonyl (C=O) groups excluding carboxylic acids is 1. The van der Waals surface area contributed by atoms with E-state index in [2.05, 4.69) is 9.97 Å². The van der Waals surface area contributed by atoms with Crippen molar-refractivity contribution >= 4 is 5.91 Å². The van der Waals surface area contributed by atoms with E-state index in [1.165, 1.54) is 18.2 Å². The van der Waals surface area contributed by atoms with Crippen LogP contribution in [0, 0.1) is 5.82 Å². The minimum atomic E-state index is -0.543. The van der Waals surface area contributed by atoms with E-state index in [-0.39, 0.29) is 11.5 Å². The Morgan fingerprint density at radius 3 is 2.57 bits per heavy atom. The van der Waals surface area contributed by atoms with Gasteiger partial charge in [-0.05, 0) is 61.7 Å². The molecule has 0 saturated carbocycles. The van der Waals surface area contributed by atoms with Gasteiger partial charge in [0.15, 0.2) is 0 Å². The van der Waals surface area contributed by atoms with Crippen LogP contribution in [-0.2, 0) is 6.42 Å². The van der Waals surface area contributed by atoms with Crippen LogP contribution in [0.1, 0.15) is 40.5 Å². The maximum Gasteiger partial charge on any atom is 0.256 e. The number of aromatic amines is 1. The van der Waals surface area contributed by atoms with Crippen molar-refractivity contribution in [2.75, 3.05) is 19.6 Å². The van der Waals surface area contributed by atoms with Gasteiger partial charge in [-0.15, -0.1) is 0 Å². The summed E-state index contributed by atoms with van der Waals surface area (Å²) in [5.41, 5.74) is 6.72. The van der Waals surface area contributed by atoms with E-state index in [0.717, 1.165) is 30.7 Å². The molecule has 0 radical (unpaired) electrons. The van der Waals surface area contributed by atoms with E-state index in [1.54, 1.807) is 17.3 Å². The highest BCUT2D eigenvalue weighted by Crippen LogP contribution is 2.28. The second-order valence-electron chi connectivity index (χ2n) is 7.47. The molecule has 156 valence electrons. The molecule has 0 aliphatic carbocycles. The van der Waals surface area contributed by atoms with Crippen molar-refractivity contribution in [3.8, 4) is 11.5 Å². The van der Waals surface area contributed by atoms with Crippen molar-refractivity contribution in [1.82, 2.24) is 14.9 Å². The van der Waals surface area contributed by atoms with E-state index >= 15 is 0 Å². The van der Waals surface area contributed by atoms with E-state index in [1.807, 2.05) is 24.3 Å². The molecular weight excluding hydrogens is 383 g/mol. The number of likely N-dealkylation sites (tertiary alicyclic amines) is 1. The summed E-state index contributed by atoms with van der Waals surface area (Å²) in [4.78, 5) is 22.1. The standard InChI is InChI=1S/C23H25FN4O2/c24-21-6-5-19(30-18-3-1-16(2-4-18)7-10-25)15-20(21)23(29)28-13-8-17(9-14-28)22-26-11-12-27-22/h1-6,11-12,15,17H,7-10,13-14,25H2,(H,26,27). The average molecular weight is 408 g/mol. The molecule has 1 saturated heterocycles. The molecule has 2 heterocycles. The van der Waals surface area contributed by atoms with E-state index < -0.39 is 5.82 Å². The van der Waals surface area contributed by atoms with Crippen LogP contribution in [0.5, 0.6) is 11.5 Å². The maximum absolute atomic E-state index is 14.4. The third-order valence-corrected chi connectivity index (χ3v) is 5.45. The average Bonchev–Trinajstić information content (AvgIpc) is 3.31. The molecule has 1 fully saturated rings. The molecule has 0 unspecified atom stereocenters. The van der Waals surface area contributed by atoms with Crippen molar-refractivity contribution in [3.63, 3.8) is 0 Å². The minimum absolute atomic E-state index is 0.0312. The number of piperidine rings is 1. The topological polar surface area (TPSA) is 84.2 Å². The van der Waals surface area contributed by atoms with Crippen LogP contribution in [0.25, 0.3) is 0 Å². The molecule has 2 aromatic carbocycles. The summed E-state index contributed by atoms with van der Waals surface area (Å²) >= 11 is 0. The van der Waals surface area contributed by atoms with Crippen molar-refractivity contribution in [2.24, 2.45) is 5.73 Å². The fourth-order valence-electron chi connectivity index (χ4n) is 3.79. The second-order valence-corrected chi connectivity index (χ2v) is 7.47. The van der Waals surface area contributed by atoms with Gasteiger partial charge in [-0.25, -0.2) is 9.37 Å². The van der Waals surface area contributed by atoms with Crippen LogP contribution in [0.15, 0.2) is 54.9 Å². The summed E-state index contributed by atoms with van der Waals surface area (Å²) in [6, 6.07) is 11.9. The molecule has 0 bridgehead atoms. The molecule has 3 N–H and O–H groups in total. The predicted octanol–water partition coefficient (Wildman–Crippen LogP) is 3.86. The molecule has 4 rings (SSSR count). The Labute approximate surface area is 174 Å². The van der Waals surface area contributed by atoms with Crippen LogP contribution in [-0.4, -0.2) is 40.4 Å². The zero-order valence-corrected chi connectivity index (χ0v) is 16.7. The molecule has 6 nitrogen and oxygen atoms in total. The molecular formula is C23H25FN4O2. The summed E-state index contributed by atoms with van der Waals surface area (Å²) < 4.78 is 20.3. The fourth-order valence-corrected chi connectivity index (χ4v) is 3.79. The molecule has 30 heavy (non-hydrogen) atoms. The first kappa shape index (κ1) is 20.1. The summed E-state index contributed by atoms with van der Waals surface area (Å²) in [7, 11) is 0. The van der Waals surface area contributed by atoms with Gasteiger partial charge < -0.3 is 20.4 Å². The highest BCUT2D eigenvalue weighted by Gasteiger charge is 2.27. The lowest BCUT2D eigenvalue weighted by Crippen LogP contribution is -2.38. The highest BCUT2D eigenvalue weighted by molar-refractivity contribution is 5.95. The first-order chi connectivity index (χ1) is 14.6. The van der Waals surface area contributed by atoms with Gasteiger partial charge in [0, 0.05) is 31.4 Å². The number of nitrogens with two attached hydrogens (primary N) is 1. The number of H-pyrrole nitrogens is 1. The fraction of sp³-hybridized carbons (Fsp3) is 0.304. The Kier molecular flexibility index (Phi) is 6.09. The lowest BCUT2D eigenvalue weighted by Gasteiger charge is -2.31. The van der Waals surface area contributed by atoms with Gasteiger partial charge in [0.05, 0.1) is 5.56 Å². The molecule has 1 amide bonds. The quantitative estimate of drug-likeness (QED) is 0.649. The summed E-state index contributed by atoms with van der Waals surface area (Å²) in [6.45, 7) is 1.72. The van der Waals surface area contributed by atoms with Crippen molar-refractivity contribution in [3.05, 3.63) is 77.6 Å². The number of hydrogen-bond donors (Lipinski definition) is 2. The molecule has 1 aromatic heterocycles. The van der Waals surface area contributed by atoms with Gasteiger partial charge in [0.1, 0.15) is 23.1 Å². The molecule has 7 heteroatoms. The summed E-state index contributed by atoms with van der Waals surface area (Å²) in [5.74, 6) is 1.44. The monoisotopic (exact) mass is 408 g/mol. The molecule has 3 aromatic rings. The van der Waals surface area contributed by atoms with Gasteiger partial charge in [0.25, 0.3) is 5.91 Å². The van der Waals surface area contributed by atoms with Gasteiger partial charge in [-0.1, -0.05) is 12.1 Å². The van der Waals surface area contributed by atoms with Crippen LogP contribution < -0.4 is 10.5 Å².